The molecule has 3 unspecified atom stereocenters. The van der Waals surface area contributed by atoms with E-state index in [1.807, 2.05) is 0 Å². The van der Waals surface area contributed by atoms with E-state index in [9.17, 15) is 4.79 Å². The number of rotatable bonds is 1. The number of hydrogen-bond donors (Lipinski definition) is 1. The first-order valence-corrected chi connectivity index (χ1v) is 11.4. The molecule has 0 saturated carbocycles. The molecule has 8 rings (SSSR count). The Hall–Kier alpha value is -3.11. The summed E-state index contributed by atoms with van der Waals surface area (Å²) >= 11 is 0. The van der Waals surface area contributed by atoms with Gasteiger partial charge in [-0.15, -0.1) is 0 Å². The van der Waals surface area contributed by atoms with Crippen LogP contribution in [0.15, 0.2) is 48.5 Å². The third-order valence-electron chi connectivity index (χ3n) is 8.42. The maximum absolute atomic E-state index is 13.2. The molecule has 152 valence electrons. The van der Waals surface area contributed by atoms with E-state index in [0.29, 0.717) is 6.54 Å². The molecule has 1 saturated heterocycles. The Bertz CT molecular complexity index is 1500. The number of carbonyl (C=O) groups is 1. The zero-order valence-electron chi connectivity index (χ0n) is 17.4. The molecule has 1 aromatic heterocycles. The van der Waals surface area contributed by atoms with Gasteiger partial charge < -0.3 is 14.6 Å². The van der Waals surface area contributed by atoms with Gasteiger partial charge in [0.2, 0.25) is 0 Å². The van der Waals surface area contributed by atoms with Crippen molar-refractivity contribution in [2.24, 2.45) is 0 Å². The number of amides is 1. The second-order valence-electron chi connectivity index (χ2n) is 9.42. The molecule has 4 aromatic rings. The summed E-state index contributed by atoms with van der Waals surface area (Å²) in [5.41, 5.74) is 9.43. The van der Waals surface area contributed by atoms with E-state index in [2.05, 4.69) is 65.3 Å². The van der Waals surface area contributed by atoms with E-state index in [1.54, 1.807) is 0 Å². The molecule has 3 aliphatic heterocycles. The van der Waals surface area contributed by atoms with Crippen LogP contribution in [0.4, 0.5) is 0 Å². The van der Waals surface area contributed by atoms with E-state index < -0.39 is 0 Å². The standard InChI is InChI=1S/C27H22N2O2/c1-2-27-17-9-5-3-7-14(17)22-23-16(13-28-26(23)30)21-15-8-4-6-10-18(15)29(25(21)24(22)27)20-12-11-19(27)31-20/h3-10,19-20H,2,11-13H2,1H3,(H,28,30). The van der Waals surface area contributed by atoms with Gasteiger partial charge in [0.25, 0.3) is 5.91 Å². The Morgan fingerprint density at radius 3 is 2.84 bits per heavy atom. The van der Waals surface area contributed by atoms with Gasteiger partial charge in [-0.2, -0.15) is 0 Å². The van der Waals surface area contributed by atoms with Crippen LogP contribution >= 0.6 is 0 Å². The van der Waals surface area contributed by atoms with Crippen LogP contribution in [0, 0.1) is 0 Å². The van der Waals surface area contributed by atoms with Crippen LogP contribution in [0.2, 0.25) is 0 Å². The molecular formula is C27H22N2O2. The van der Waals surface area contributed by atoms with Gasteiger partial charge in [-0.05, 0) is 47.6 Å². The molecule has 1 aliphatic carbocycles. The van der Waals surface area contributed by atoms with Gasteiger partial charge in [0, 0.05) is 28.3 Å². The van der Waals surface area contributed by atoms with Crippen molar-refractivity contribution >= 4 is 27.7 Å². The summed E-state index contributed by atoms with van der Waals surface area (Å²) < 4.78 is 9.34. The zero-order chi connectivity index (χ0) is 20.5. The van der Waals surface area contributed by atoms with Crippen molar-refractivity contribution < 1.29 is 9.53 Å². The van der Waals surface area contributed by atoms with Crippen molar-refractivity contribution in [3.8, 4) is 11.1 Å². The maximum Gasteiger partial charge on any atom is 0.252 e. The zero-order valence-corrected chi connectivity index (χ0v) is 17.4. The maximum atomic E-state index is 13.2. The number of nitrogens with zero attached hydrogens (tertiary/aromatic N) is 1. The van der Waals surface area contributed by atoms with Crippen molar-refractivity contribution in [1.29, 1.82) is 0 Å². The molecule has 0 radical (unpaired) electrons. The van der Waals surface area contributed by atoms with Crippen LogP contribution in [-0.2, 0) is 16.7 Å². The van der Waals surface area contributed by atoms with Crippen molar-refractivity contribution in [3.63, 3.8) is 0 Å². The van der Waals surface area contributed by atoms with Crippen molar-refractivity contribution in [2.75, 3.05) is 0 Å². The molecule has 4 heteroatoms. The van der Waals surface area contributed by atoms with Crippen molar-refractivity contribution in [2.45, 2.75) is 50.5 Å². The Labute approximate surface area is 179 Å². The number of fused-ring (bicyclic) bond motifs is 13. The van der Waals surface area contributed by atoms with E-state index in [1.165, 1.54) is 38.5 Å². The van der Waals surface area contributed by atoms with Gasteiger partial charge in [0.15, 0.2) is 0 Å². The number of carbonyl (C=O) groups excluding carboxylic acids is 1. The molecule has 3 aromatic carbocycles. The SMILES string of the molecule is CCC12c3ccccc3-c3c4c(c5c6ccccc6n(c5c31)C1CCC2O1)CNC4=O. The topological polar surface area (TPSA) is 43.3 Å². The fourth-order valence-corrected chi connectivity index (χ4v) is 7.35. The second-order valence-corrected chi connectivity index (χ2v) is 9.42. The lowest BCUT2D eigenvalue weighted by molar-refractivity contribution is -0.0184. The first kappa shape index (κ1) is 16.6. The smallest absolute Gasteiger partial charge is 0.252 e. The van der Waals surface area contributed by atoms with Crippen LogP contribution in [-0.4, -0.2) is 16.6 Å². The highest BCUT2D eigenvalue weighted by atomic mass is 16.5. The third kappa shape index (κ3) is 1.60. The van der Waals surface area contributed by atoms with Crippen LogP contribution < -0.4 is 5.32 Å². The fraction of sp³-hybridized carbons (Fsp3) is 0.296. The number of aromatic nitrogens is 1. The molecule has 4 aliphatic rings. The first-order valence-electron chi connectivity index (χ1n) is 11.4. The molecule has 3 atom stereocenters. The average molecular weight is 406 g/mol. The molecule has 1 amide bonds. The van der Waals surface area contributed by atoms with Crippen LogP contribution in [0.5, 0.6) is 0 Å². The molecule has 31 heavy (non-hydrogen) atoms. The predicted octanol–water partition coefficient (Wildman–Crippen LogP) is 5.41. The largest absolute Gasteiger partial charge is 0.354 e. The van der Waals surface area contributed by atoms with E-state index in [-0.39, 0.29) is 23.7 Å². The van der Waals surface area contributed by atoms with Crippen molar-refractivity contribution in [1.82, 2.24) is 9.88 Å². The van der Waals surface area contributed by atoms with Crippen LogP contribution in [0.3, 0.4) is 0 Å². The van der Waals surface area contributed by atoms with E-state index in [4.69, 9.17) is 4.74 Å². The fourth-order valence-electron chi connectivity index (χ4n) is 7.35. The van der Waals surface area contributed by atoms with Crippen LogP contribution in [0.25, 0.3) is 32.9 Å². The normalized spacial score (nSPS) is 26.9. The summed E-state index contributed by atoms with van der Waals surface area (Å²) in [6.45, 7) is 2.89. The van der Waals surface area contributed by atoms with Gasteiger partial charge in [0.05, 0.1) is 22.7 Å². The molecule has 2 bridgehead atoms. The first-order chi connectivity index (χ1) is 15.3. The van der Waals surface area contributed by atoms with Crippen LogP contribution in [0.1, 0.15) is 59.5 Å². The highest BCUT2D eigenvalue weighted by molar-refractivity contribution is 6.20. The Balaban J connectivity index is 1.74. The average Bonchev–Trinajstić information content (AvgIpc) is 3.53. The number of benzene rings is 3. The highest BCUT2D eigenvalue weighted by Crippen LogP contribution is 2.63. The van der Waals surface area contributed by atoms with E-state index >= 15 is 0 Å². The summed E-state index contributed by atoms with van der Waals surface area (Å²) in [6.07, 6.45) is 3.23. The van der Waals surface area contributed by atoms with Gasteiger partial charge in [0.1, 0.15) is 6.23 Å². The Morgan fingerprint density at radius 1 is 1.10 bits per heavy atom. The van der Waals surface area contributed by atoms with Gasteiger partial charge in [-0.3, -0.25) is 4.79 Å². The number of para-hydroxylation sites is 1. The van der Waals surface area contributed by atoms with Gasteiger partial charge >= 0.3 is 0 Å². The molecular weight excluding hydrogens is 384 g/mol. The summed E-state index contributed by atoms with van der Waals surface area (Å²) in [6, 6.07) is 17.4. The summed E-state index contributed by atoms with van der Waals surface area (Å²) in [7, 11) is 0. The highest BCUT2D eigenvalue weighted by Gasteiger charge is 2.56. The van der Waals surface area contributed by atoms with Crippen molar-refractivity contribution in [3.05, 3.63) is 70.8 Å². The summed E-state index contributed by atoms with van der Waals surface area (Å²) in [4.78, 5) is 13.2. The Kier molecular flexibility index (Phi) is 2.78. The molecule has 4 heterocycles. The lowest BCUT2D eigenvalue weighted by atomic mass is 9.69. The monoisotopic (exact) mass is 406 g/mol. The van der Waals surface area contributed by atoms with E-state index in [0.717, 1.165) is 36.0 Å². The summed E-state index contributed by atoms with van der Waals surface area (Å²) in [5.74, 6) is 0.0667. The minimum absolute atomic E-state index is 0.0563. The third-order valence-corrected chi connectivity index (χ3v) is 8.42. The number of ether oxygens (including phenoxy) is 1. The molecule has 1 fully saturated rings. The second kappa shape index (κ2) is 5.20. The van der Waals surface area contributed by atoms with Gasteiger partial charge in [-0.25, -0.2) is 0 Å². The quantitative estimate of drug-likeness (QED) is 0.460. The molecule has 0 spiro atoms. The predicted molar refractivity (Wildman–Crippen MR) is 120 cm³/mol. The summed E-state index contributed by atoms with van der Waals surface area (Å²) in [5, 5.41) is 5.64. The number of nitrogens with one attached hydrogen (secondary N) is 1. The minimum Gasteiger partial charge on any atom is -0.354 e. The number of hydrogen-bond acceptors (Lipinski definition) is 2. The minimum atomic E-state index is -0.209. The molecule has 4 nitrogen and oxygen atoms in total. The molecule has 1 N–H and O–H groups in total. The Morgan fingerprint density at radius 2 is 1.94 bits per heavy atom. The van der Waals surface area contributed by atoms with Gasteiger partial charge in [-0.1, -0.05) is 49.4 Å². The lowest BCUT2D eigenvalue weighted by Crippen LogP contribution is -2.38. The lowest BCUT2D eigenvalue weighted by Gasteiger charge is -2.35.